The van der Waals surface area contributed by atoms with Gasteiger partial charge in [-0.3, -0.25) is 9.69 Å². The Hall–Kier alpha value is -4.59. The number of hydrogen-bond donors (Lipinski definition) is 1. The van der Waals surface area contributed by atoms with Crippen LogP contribution in [0.3, 0.4) is 0 Å². The molecule has 0 fully saturated rings. The molecule has 0 aliphatic rings. The number of carbonyl (C=O) groups is 1. The summed E-state index contributed by atoms with van der Waals surface area (Å²) in [6.45, 7) is 3.11. The van der Waals surface area contributed by atoms with Crippen molar-refractivity contribution in [3.63, 3.8) is 0 Å². The fourth-order valence-electron chi connectivity index (χ4n) is 4.58. The molecule has 5 aromatic rings. The van der Waals surface area contributed by atoms with Crippen LogP contribution < -0.4 is 9.47 Å². The number of hydrogen-bond acceptors (Lipinski definition) is 6. The van der Waals surface area contributed by atoms with Crippen molar-refractivity contribution in [2.24, 2.45) is 0 Å². The van der Waals surface area contributed by atoms with Crippen LogP contribution in [0.15, 0.2) is 108 Å². The summed E-state index contributed by atoms with van der Waals surface area (Å²) < 4.78 is 17.8. The first-order valence-electron chi connectivity index (χ1n) is 13.6. The average Bonchev–Trinajstić information content (AvgIpc) is 3.35. The number of aromatic nitrogens is 1. The van der Waals surface area contributed by atoms with Crippen molar-refractivity contribution >= 4 is 17.6 Å². The molecule has 0 radical (unpaired) electrons. The third kappa shape index (κ3) is 8.22. The molecule has 214 valence electrons. The molecule has 0 atom stereocenters. The third-order valence-electron chi connectivity index (χ3n) is 6.54. The van der Waals surface area contributed by atoms with Crippen LogP contribution >= 0.6 is 11.6 Å². The first kappa shape index (κ1) is 28.9. The second-order valence-electron chi connectivity index (χ2n) is 9.88. The quantitative estimate of drug-likeness (QED) is 0.151. The fourth-order valence-corrected chi connectivity index (χ4v) is 4.71. The largest absolute Gasteiger partial charge is 0.493 e. The van der Waals surface area contributed by atoms with E-state index in [2.05, 4.69) is 4.98 Å². The Labute approximate surface area is 249 Å². The third-order valence-corrected chi connectivity index (χ3v) is 6.79. The zero-order chi connectivity index (χ0) is 29.3. The minimum atomic E-state index is -0.895. The Morgan fingerprint density at radius 2 is 1.52 bits per heavy atom. The molecule has 0 bridgehead atoms. The van der Waals surface area contributed by atoms with Crippen molar-refractivity contribution in [1.82, 2.24) is 9.88 Å². The molecule has 1 heterocycles. The number of aliphatic carboxylic acids is 1. The maximum absolute atomic E-state index is 11.7. The molecule has 5 rings (SSSR count). The van der Waals surface area contributed by atoms with E-state index >= 15 is 0 Å². The highest BCUT2D eigenvalue weighted by Crippen LogP contribution is 2.25. The first-order chi connectivity index (χ1) is 20.4. The van der Waals surface area contributed by atoms with E-state index in [9.17, 15) is 9.90 Å². The Bertz CT molecular complexity index is 1620. The lowest BCUT2D eigenvalue weighted by Gasteiger charge is -2.21. The molecule has 0 amide bonds. The summed E-state index contributed by atoms with van der Waals surface area (Å²) in [4.78, 5) is 18.2. The number of ether oxygens (including phenoxy) is 2. The van der Waals surface area contributed by atoms with E-state index in [4.69, 9.17) is 25.5 Å². The molecule has 4 aromatic carbocycles. The molecule has 0 spiro atoms. The minimum Gasteiger partial charge on any atom is -0.493 e. The highest BCUT2D eigenvalue weighted by Gasteiger charge is 2.14. The summed E-state index contributed by atoms with van der Waals surface area (Å²) in [6, 6.07) is 32.3. The predicted octanol–water partition coefficient (Wildman–Crippen LogP) is 7.80. The van der Waals surface area contributed by atoms with Gasteiger partial charge in [-0.15, -0.1) is 0 Å². The molecule has 1 N–H and O–H groups in total. The molecule has 7 nitrogen and oxygen atoms in total. The summed E-state index contributed by atoms with van der Waals surface area (Å²) in [5.74, 6) is 2.54. The van der Waals surface area contributed by atoms with Crippen LogP contribution in [0, 0.1) is 6.92 Å². The van der Waals surface area contributed by atoms with Gasteiger partial charge in [0.15, 0.2) is 0 Å². The minimum absolute atomic E-state index is 0.109. The van der Waals surface area contributed by atoms with Gasteiger partial charge in [0, 0.05) is 30.1 Å². The second-order valence-corrected chi connectivity index (χ2v) is 10.3. The van der Waals surface area contributed by atoms with E-state index in [1.54, 1.807) is 24.3 Å². The van der Waals surface area contributed by atoms with Crippen LogP contribution in [0.5, 0.6) is 17.2 Å². The Morgan fingerprint density at radius 1 is 0.857 bits per heavy atom. The summed E-state index contributed by atoms with van der Waals surface area (Å²) in [7, 11) is 0. The van der Waals surface area contributed by atoms with Gasteiger partial charge in [0.1, 0.15) is 23.0 Å². The molecule has 0 saturated heterocycles. The average molecular weight is 583 g/mol. The van der Waals surface area contributed by atoms with Crippen molar-refractivity contribution in [2.45, 2.75) is 26.4 Å². The van der Waals surface area contributed by atoms with Gasteiger partial charge < -0.3 is 19.0 Å². The topological polar surface area (TPSA) is 85.0 Å². The van der Waals surface area contributed by atoms with Crippen LogP contribution in [0.4, 0.5) is 0 Å². The number of rotatable bonds is 13. The maximum Gasteiger partial charge on any atom is 0.317 e. The van der Waals surface area contributed by atoms with Gasteiger partial charge in [-0.25, -0.2) is 4.98 Å². The van der Waals surface area contributed by atoms with Crippen molar-refractivity contribution in [3.05, 3.63) is 131 Å². The standard InChI is InChI=1S/C34H31ClN2O5/c1-24-32(36-34(41-24)27-9-3-2-4-10-27)17-18-40-30-11-5-7-25(19-30)21-37(23-33(38)39)22-26-8-6-12-31(20-26)42-29-15-13-28(35)14-16-29/h2-16,19-20H,17-18,21-23H2,1H3,(H,38,39). The van der Waals surface area contributed by atoms with Crippen molar-refractivity contribution in [1.29, 1.82) is 0 Å². The van der Waals surface area contributed by atoms with E-state index in [0.717, 1.165) is 28.1 Å². The van der Waals surface area contributed by atoms with E-state index in [-0.39, 0.29) is 6.54 Å². The van der Waals surface area contributed by atoms with E-state index in [1.165, 1.54) is 0 Å². The van der Waals surface area contributed by atoms with Crippen LogP contribution in [-0.2, 0) is 24.3 Å². The van der Waals surface area contributed by atoms with Gasteiger partial charge in [-0.2, -0.15) is 0 Å². The maximum atomic E-state index is 11.7. The van der Waals surface area contributed by atoms with Gasteiger partial charge in [0.05, 0.1) is 18.8 Å². The number of benzene rings is 4. The molecule has 0 saturated carbocycles. The van der Waals surface area contributed by atoms with Crippen molar-refractivity contribution in [3.8, 4) is 28.7 Å². The summed E-state index contributed by atoms with van der Waals surface area (Å²) >= 11 is 5.97. The van der Waals surface area contributed by atoms with Crippen LogP contribution in [-0.4, -0.2) is 34.1 Å². The van der Waals surface area contributed by atoms with Crippen LogP contribution in [0.25, 0.3) is 11.5 Å². The SMILES string of the molecule is Cc1oc(-c2ccccc2)nc1CCOc1cccc(CN(CC(=O)O)Cc2cccc(Oc3ccc(Cl)cc3)c2)c1. The number of halogens is 1. The molecule has 8 heteroatoms. The van der Waals surface area contributed by atoms with E-state index in [1.807, 2.05) is 90.7 Å². The lowest BCUT2D eigenvalue weighted by molar-refractivity contribution is -0.138. The van der Waals surface area contributed by atoms with Gasteiger partial charge in [0.2, 0.25) is 5.89 Å². The Kier molecular flexibility index (Phi) is 9.54. The fraction of sp³-hybridized carbons (Fsp3) is 0.176. The van der Waals surface area contributed by atoms with Gasteiger partial charge in [-0.05, 0) is 78.7 Å². The molecule has 0 aliphatic heterocycles. The number of carboxylic acids is 1. The molecular weight excluding hydrogens is 552 g/mol. The zero-order valence-corrected chi connectivity index (χ0v) is 24.0. The molecule has 0 unspecified atom stereocenters. The Balaban J connectivity index is 1.20. The first-order valence-corrected chi connectivity index (χ1v) is 14.0. The molecule has 0 aliphatic carbocycles. The smallest absolute Gasteiger partial charge is 0.317 e. The van der Waals surface area contributed by atoms with Crippen LogP contribution in [0.2, 0.25) is 5.02 Å². The monoisotopic (exact) mass is 582 g/mol. The number of aryl methyl sites for hydroxylation is 1. The predicted molar refractivity (Wildman–Crippen MR) is 162 cm³/mol. The van der Waals surface area contributed by atoms with Gasteiger partial charge >= 0.3 is 5.97 Å². The Morgan fingerprint density at radius 3 is 2.21 bits per heavy atom. The summed E-state index contributed by atoms with van der Waals surface area (Å²) in [5.41, 5.74) is 3.69. The van der Waals surface area contributed by atoms with Crippen molar-refractivity contribution < 1.29 is 23.8 Å². The molecule has 42 heavy (non-hydrogen) atoms. The number of carboxylic acid groups (broad SMARTS) is 1. The second kappa shape index (κ2) is 13.9. The van der Waals surface area contributed by atoms with Crippen molar-refractivity contribution in [2.75, 3.05) is 13.2 Å². The van der Waals surface area contributed by atoms with Gasteiger partial charge in [-0.1, -0.05) is 54.1 Å². The zero-order valence-electron chi connectivity index (χ0n) is 23.2. The van der Waals surface area contributed by atoms with Crippen LogP contribution in [0.1, 0.15) is 22.6 Å². The molecular formula is C34H31ClN2O5. The number of nitrogens with zero attached hydrogens (tertiary/aromatic N) is 2. The van der Waals surface area contributed by atoms with Gasteiger partial charge in [0.25, 0.3) is 0 Å². The summed E-state index contributed by atoms with van der Waals surface area (Å²) in [5, 5.41) is 10.2. The normalized spacial score (nSPS) is 11.0. The molecule has 1 aromatic heterocycles. The number of oxazole rings is 1. The summed E-state index contributed by atoms with van der Waals surface area (Å²) in [6.07, 6.45) is 0.603. The highest BCUT2D eigenvalue weighted by atomic mass is 35.5. The highest BCUT2D eigenvalue weighted by molar-refractivity contribution is 6.30. The van der Waals surface area contributed by atoms with E-state index < -0.39 is 5.97 Å². The van der Waals surface area contributed by atoms with E-state index in [0.29, 0.717) is 54.3 Å². The lowest BCUT2D eigenvalue weighted by atomic mass is 10.1. The lowest BCUT2D eigenvalue weighted by Crippen LogP contribution is -2.29.